The second-order valence-corrected chi connectivity index (χ2v) is 8.20. The number of esters is 1. The van der Waals surface area contributed by atoms with Gasteiger partial charge in [0.1, 0.15) is 11.5 Å². The van der Waals surface area contributed by atoms with Crippen LogP contribution in [-0.2, 0) is 10.3 Å². The molecular weight excluding hydrogens is 426 g/mol. The predicted octanol–water partition coefficient (Wildman–Crippen LogP) is 5.67. The van der Waals surface area contributed by atoms with Gasteiger partial charge in [0.25, 0.3) is 0 Å². The third-order valence-corrected chi connectivity index (χ3v) is 6.53. The molecule has 5 nitrogen and oxygen atoms in total. The fraction of sp³-hybridized carbons (Fsp3) is 0.269. The lowest BCUT2D eigenvalue weighted by Crippen LogP contribution is -2.31. The molecule has 0 spiro atoms. The van der Waals surface area contributed by atoms with Gasteiger partial charge in [-0.05, 0) is 56.7 Å². The zero-order chi connectivity index (χ0) is 23.0. The molecule has 3 aromatic rings. The van der Waals surface area contributed by atoms with E-state index in [-0.39, 0.29) is 5.75 Å². The third kappa shape index (κ3) is 3.28. The van der Waals surface area contributed by atoms with E-state index in [1.807, 2.05) is 37.3 Å². The van der Waals surface area contributed by atoms with Crippen molar-refractivity contribution in [2.75, 3.05) is 25.1 Å². The van der Waals surface area contributed by atoms with Crippen LogP contribution in [0.15, 0.2) is 54.6 Å². The number of benzene rings is 3. The van der Waals surface area contributed by atoms with Crippen LogP contribution in [0.1, 0.15) is 46.5 Å². The van der Waals surface area contributed by atoms with Crippen molar-refractivity contribution in [2.24, 2.45) is 0 Å². The van der Waals surface area contributed by atoms with Gasteiger partial charge in [-0.2, -0.15) is 0 Å². The second kappa shape index (κ2) is 8.40. The number of aromatic hydroxyl groups is 1. The maximum absolute atomic E-state index is 13.0. The Morgan fingerprint density at radius 2 is 1.75 bits per heavy atom. The highest BCUT2D eigenvalue weighted by Crippen LogP contribution is 2.53. The van der Waals surface area contributed by atoms with E-state index in [1.165, 1.54) is 0 Å². The average molecular weight is 452 g/mol. The van der Waals surface area contributed by atoms with Crippen LogP contribution in [0.3, 0.4) is 0 Å². The maximum Gasteiger partial charge on any atom is 0.340 e. The number of phenolic OH excluding ortho intramolecular Hbond substituents is 1. The summed E-state index contributed by atoms with van der Waals surface area (Å²) in [7, 11) is 1.55. The van der Waals surface area contributed by atoms with Crippen LogP contribution in [0.25, 0.3) is 0 Å². The molecule has 1 aliphatic heterocycles. The lowest BCUT2D eigenvalue weighted by Gasteiger charge is -2.33. The first-order valence-electron chi connectivity index (χ1n) is 10.6. The molecule has 0 aliphatic carbocycles. The number of ether oxygens (including phenoxy) is 2. The van der Waals surface area contributed by atoms with Gasteiger partial charge in [0, 0.05) is 46.6 Å². The Hall–Kier alpha value is -3.18. The zero-order valence-electron chi connectivity index (χ0n) is 18.6. The van der Waals surface area contributed by atoms with Gasteiger partial charge in [0.2, 0.25) is 0 Å². The molecule has 4 rings (SSSR count). The summed E-state index contributed by atoms with van der Waals surface area (Å²) in [4.78, 5) is 15.1. The van der Waals surface area contributed by atoms with Crippen LogP contribution in [0.2, 0.25) is 5.02 Å². The van der Waals surface area contributed by atoms with Crippen LogP contribution >= 0.6 is 11.6 Å². The minimum Gasteiger partial charge on any atom is -0.507 e. The first-order chi connectivity index (χ1) is 15.4. The fourth-order valence-corrected chi connectivity index (χ4v) is 4.63. The zero-order valence-corrected chi connectivity index (χ0v) is 19.4. The van der Waals surface area contributed by atoms with Crippen molar-refractivity contribution in [2.45, 2.75) is 26.4 Å². The van der Waals surface area contributed by atoms with Gasteiger partial charge in [-0.1, -0.05) is 29.8 Å². The number of carbonyl (C=O) groups is 1. The van der Waals surface area contributed by atoms with Crippen LogP contribution in [-0.4, -0.2) is 31.3 Å². The number of hydrogen-bond donors (Lipinski definition) is 1. The molecule has 32 heavy (non-hydrogen) atoms. The smallest absolute Gasteiger partial charge is 0.340 e. The minimum atomic E-state index is -1.37. The van der Waals surface area contributed by atoms with Crippen molar-refractivity contribution in [3.8, 4) is 11.5 Å². The molecule has 0 amide bonds. The van der Waals surface area contributed by atoms with E-state index in [4.69, 9.17) is 21.1 Å². The molecule has 0 saturated heterocycles. The predicted molar refractivity (Wildman–Crippen MR) is 126 cm³/mol. The number of fused-ring (bicyclic) bond motifs is 1. The van der Waals surface area contributed by atoms with Gasteiger partial charge in [-0.15, -0.1) is 0 Å². The Balaban J connectivity index is 2.05. The SMILES string of the molecule is CCN(CC)c1ccc(C2(c3cc(C)c(Cl)cc3OC)OC(=O)c3ccccc32)c(O)c1. The lowest BCUT2D eigenvalue weighted by atomic mass is 9.78. The van der Waals surface area contributed by atoms with Crippen molar-refractivity contribution in [3.63, 3.8) is 0 Å². The van der Waals surface area contributed by atoms with Crippen molar-refractivity contribution < 1.29 is 19.4 Å². The molecule has 1 atom stereocenters. The molecular formula is C26H26ClNO4. The highest BCUT2D eigenvalue weighted by Gasteiger charge is 2.51. The van der Waals surface area contributed by atoms with Gasteiger partial charge >= 0.3 is 5.97 Å². The largest absolute Gasteiger partial charge is 0.507 e. The third-order valence-electron chi connectivity index (χ3n) is 6.12. The molecule has 0 radical (unpaired) electrons. The summed E-state index contributed by atoms with van der Waals surface area (Å²) < 4.78 is 11.8. The number of phenols is 1. The minimum absolute atomic E-state index is 0.0357. The van der Waals surface area contributed by atoms with E-state index in [2.05, 4.69) is 18.7 Å². The number of carbonyl (C=O) groups excluding carboxylic acids is 1. The highest BCUT2D eigenvalue weighted by atomic mass is 35.5. The summed E-state index contributed by atoms with van der Waals surface area (Å²) in [6, 6.07) is 16.3. The first-order valence-corrected chi connectivity index (χ1v) is 11.0. The maximum atomic E-state index is 13.0. The normalized spacial score (nSPS) is 17.1. The molecule has 0 aromatic heterocycles. The molecule has 1 heterocycles. The summed E-state index contributed by atoms with van der Waals surface area (Å²) in [5, 5.41) is 11.8. The number of rotatable bonds is 6. The van der Waals surface area contributed by atoms with Gasteiger partial charge < -0.3 is 19.5 Å². The van der Waals surface area contributed by atoms with Crippen LogP contribution in [0, 0.1) is 6.92 Å². The van der Waals surface area contributed by atoms with Crippen molar-refractivity contribution in [3.05, 3.63) is 87.4 Å². The molecule has 166 valence electrons. The van der Waals surface area contributed by atoms with E-state index < -0.39 is 11.6 Å². The molecule has 1 N–H and O–H groups in total. The molecule has 1 aliphatic rings. The summed E-state index contributed by atoms with van der Waals surface area (Å²) in [6.45, 7) is 7.62. The number of nitrogens with zero attached hydrogens (tertiary/aromatic N) is 1. The number of methoxy groups -OCH3 is 1. The first kappa shape index (κ1) is 22.0. The summed E-state index contributed by atoms with van der Waals surface area (Å²) >= 11 is 6.37. The highest BCUT2D eigenvalue weighted by molar-refractivity contribution is 6.31. The quantitative estimate of drug-likeness (QED) is 0.489. The molecule has 6 heteroatoms. The Morgan fingerprint density at radius 1 is 1.03 bits per heavy atom. The number of aryl methyl sites for hydroxylation is 1. The lowest BCUT2D eigenvalue weighted by molar-refractivity contribution is 0.0239. The van der Waals surface area contributed by atoms with E-state index >= 15 is 0 Å². The van der Waals surface area contributed by atoms with E-state index in [0.717, 1.165) is 24.3 Å². The standard InChI is InChI=1S/C26H26ClNO4/c1-5-28(6-2)17-11-12-20(23(29)14-17)26(19-10-8-7-9-18(19)25(30)32-26)21-13-16(3)22(27)15-24(21)31-4/h7-15,29H,5-6H2,1-4H3. The number of cyclic esters (lactones) is 1. The Kier molecular flexibility index (Phi) is 5.78. The monoisotopic (exact) mass is 451 g/mol. The van der Waals surface area contributed by atoms with Crippen molar-refractivity contribution >= 4 is 23.3 Å². The number of halogens is 1. The molecule has 3 aromatic carbocycles. The summed E-state index contributed by atoms with van der Waals surface area (Å²) in [5.41, 5.74) is 2.49. The summed E-state index contributed by atoms with van der Waals surface area (Å²) in [6.07, 6.45) is 0. The van der Waals surface area contributed by atoms with E-state index in [0.29, 0.717) is 33.0 Å². The summed E-state index contributed by atoms with van der Waals surface area (Å²) in [5.74, 6) is 0.0494. The van der Waals surface area contributed by atoms with Crippen LogP contribution in [0.5, 0.6) is 11.5 Å². The second-order valence-electron chi connectivity index (χ2n) is 7.79. The van der Waals surface area contributed by atoms with Gasteiger partial charge in [0.05, 0.1) is 12.7 Å². The molecule has 0 fully saturated rings. The molecule has 0 saturated carbocycles. The van der Waals surface area contributed by atoms with Crippen molar-refractivity contribution in [1.29, 1.82) is 0 Å². The number of anilines is 1. The average Bonchev–Trinajstić information content (AvgIpc) is 3.09. The van der Waals surface area contributed by atoms with Crippen LogP contribution in [0.4, 0.5) is 5.69 Å². The van der Waals surface area contributed by atoms with Crippen molar-refractivity contribution in [1.82, 2.24) is 0 Å². The van der Waals surface area contributed by atoms with E-state index in [1.54, 1.807) is 31.4 Å². The fourth-order valence-electron chi connectivity index (χ4n) is 4.47. The topological polar surface area (TPSA) is 59.0 Å². The van der Waals surface area contributed by atoms with Crippen LogP contribution < -0.4 is 9.64 Å². The Bertz CT molecular complexity index is 1190. The molecule has 1 unspecified atom stereocenters. The van der Waals surface area contributed by atoms with Gasteiger partial charge in [-0.25, -0.2) is 4.79 Å². The number of hydrogen-bond acceptors (Lipinski definition) is 5. The Labute approximate surface area is 193 Å². The van der Waals surface area contributed by atoms with E-state index in [9.17, 15) is 9.90 Å². The van der Waals surface area contributed by atoms with Gasteiger partial charge in [-0.3, -0.25) is 0 Å². The Morgan fingerprint density at radius 3 is 2.41 bits per heavy atom. The van der Waals surface area contributed by atoms with Gasteiger partial charge in [0.15, 0.2) is 5.60 Å². The molecule has 0 bridgehead atoms.